The van der Waals surface area contributed by atoms with Crippen molar-refractivity contribution in [2.75, 3.05) is 20.0 Å². The normalized spacial score (nSPS) is 10.7. The zero-order valence-corrected chi connectivity index (χ0v) is 14.0. The Balaban J connectivity index is 1.73. The summed E-state index contributed by atoms with van der Waals surface area (Å²) in [5.41, 5.74) is 6.32. The Morgan fingerprint density at radius 2 is 2.04 bits per heavy atom. The predicted octanol–water partition coefficient (Wildman–Crippen LogP) is 2.48. The number of rotatable bonds is 6. The molecule has 2 aromatic heterocycles. The highest BCUT2D eigenvalue weighted by Crippen LogP contribution is 2.32. The summed E-state index contributed by atoms with van der Waals surface area (Å²) in [6.07, 6.45) is 0. The van der Waals surface area contributed by atoms with Gasteiger partial charge in [-0.25, -0.2) is 0 Å². The van der Waals surface area contributed by atoms with Gasteiger partial charge in [-0.05, 0) is 18.2 Å². The molecule has 23 heavy (non-hydrogen) atoms. The van der Waals surface area contributed by atoms with Gasteiger partial charge < -0.3 is 19.7 Å². The van der Waals surface area contributed by atoms with Gasteiger partial charge in [0.2, 0.25) is 16.8 Å². The van der Waals surface area contributed by atoms with Crippen molar-refractivity contribution in [3.05, 3.63) is 24.1 Å². The molecule has 8 nitrogen and oxygen atoms in total. The van der Waals surface area contributed by atoms with E-state index in [-0.39, 0.29) is 0 Å². The smallest absolute Gasteiger partial charge is 0.237 e. The lowest BCUT2D eigenvalue weighted by Gasteiger charge is -2.07. The molecule has 0 radical (unpaired) electrons. The molecular formula is C13H13N5O3S2. The van der Waals surface area contributed by atoms with Crippen molar-refractivity contribution in [3.63, 3.8) is 0 Å². The molecule has 0 aliphatic heterocycles. The second-order valence-corrected chi connectivity index (χ2v) is 6.51. The SMILES string of the molecule is COc1ccc(-c2noc(CSc3nnc(N)s3)n2)cc1OC. The van der Waals surface area contributed by atoms with Crippen LogP contribution in [-0.4, -0.2) is 34.6 Å². The third-order valence-corrected chi connectivity index (χ3v) is 4.72. The van der Waals surface area contributed by atoms with Crippen LogP contribution in [0.15, 0.2) is 27.1 Å². The third kappa shape index (κ3) is 3.54. The average molecular weight is 351 g/mol. The van der Waals surface area contributed by atoms with E-state index in [9.17, 15) is 0 Å². The fraction of sp³-hybridized carbons (Fsp3) is 0.231. The number of nitrogens with zero attached hydrogens (tertiary/aromatic N) is 4. The van der Waals surface area contributed by atoms with Gasteiger partial charge in [0.25, 0.3) is 0 Å². The lowest BCUT2D eigenvalue weighted by Crippen LogP contribution is -1.91. The van der Waals surface area contributed by atoms with Crippen molar-refractivity contribution in [1.29, 1.82) is 0 Å². The van der Waals surface area contributed by atoms with Gasteiger partial charge in [-0.1, -0.05) is 28.3 Å². The van der Waals surface area contributed by atoms with Crippen LogP contribution in [0.5, 0.6) is 11.5 Å². The van der Waals surface area contributed by atoms with E-state index in [1.807, 2.05) is 6.07 Å². The predicted molar refractivity (Wildman–Crippen MR) is 86.7 cm³/mol. The Kier molecular flexibility index (Phi) is 4.63. The van der Waals surface area contributed by atoms with Crippen LogP contribution in [0.4, 0.5) is 5.13 Å². The standard InChI is InChI=1S/C13H13N5O3S2/c1-19-8-4-3-7(5-9(8)20-2)11-15-10(21-18-11)6-22-13-17-16-12(14)23-13/h3-5H,6H2,1-2H3,(H2,14,16). The van der Waals surface area contributed by atoms with E-state index in [1.165, 1.54) is 23.1 Å². The third-order valence-electron chi connectivity index (χ3n) is 2.85. The molecule has 10 heteroatoms. The van der Waals surface area contributed by atoms with Crippen LogP contribution >= 0.6 is 23.1 Å². The number of methoxy groups -OCH3 is 2. The van der Waals surface area contributed by atoms with E-state index < -0.39 is 0 Å². The minimum atomic E-state index is 0.434. The number of anilines is 1. The Labute approximate surface area is 140 Å². The monoisotopic (exact) mass is 351 g/mol. The minimum absolute atomic E-state index is 0.434. The van der Waals surface area contributed by atoms with Crippen LogP contribution < -0.4 is 15.2 Å². The van der Waals surface area contributed by atoms with Gasteiger partial charge >= 0.3 is 0 Å². The van der Waals surface area contributed by atoms with Crippen molar-refractivity contribution in [2.24, 2.45) is 0 Å². The molecule has 0 fully saturated rings. The lowest BCUT2D eigenvalue weighted by molar-refractivity contribution is 0.355. The maximum atomic E-state index is 5.54. The maximum Gasteiger partial charge on any atom is 0.237 e. The molecule has 0 aliphatic rings. The molecule has 0 amide bonds. The highest BCUT2D eigenvalue weighted by molar-refractivity contribution is 8.00. The molecule has 3 rings (SSSR count). The minimum Gasteiger partial charge on any atom is -0.493 e. The second kappa shape index (κ2) is 6.84. The lowest BCUT2D eigenvalue weighted by atomic mass is 10.2. The fourth-order valence-corrected chi connectivity index (χ4v) is 3.28. The number of ether oxygens (including phenoxy) is 2. The van der Waals surface area contributed by atoms with Gasteiger partial charge in [0.05, 0.1) is 20.0 Å². The second-order valence-electron chi connectivity index (χ2n) is 4.28. The largest absolute Gasteiger partial charge is 0.493 e. The van der Waals surface area contributed by atoms with E-state index in [4.69, 9.17) is 19.7 Å². The summed E-state index contributed by atoms with van der Waals surface area (Å²) in [5, 5.41) is 12.1. The molecule has 3 aromatic rings. The highest BCUT2D eigenvalue weighted by Gasteiger charge is 2.13. The molecular weight excluding hydrogens is 338 g/mol. The van der Waals surface area contributed by atoms with E-state index in [0.717, 1.165) is 9.90 Å². The maximum absolute atomic E-state index is 5.54. The van der Waals surface area contributed by atoms with Crippen molar-refractivity contribution < 1.29 is 14.0 Å². The summed E-state index contributed by atoms with van der Waals surface area (Å²) < 4.78 is 16.5. The van der Waals surface area contributed by atoms with Gasteiger partial charge in [0, 0.05) is 5.56 Å². The van der Waals surface area contributed by atoms with Crippen LogP contribution in [0.2, 0.25) is 0 Å². The molecule has 0 aliphatic carbocycles. The van der Waals surface area contributed by atoms with Crippen LogP contribution in [0.3, 0.4) is 0 Å². The molecule has 0 atom stereocenters. The van der Waals surface area contributed by atoms with Crippen molar-refractivity contribution in [2.45, 2.75) is 10.1 Å². The molecule has 2 heterocycles. The van der Waals surface area contributed by atoms with E-state index >= 15 is 0 Å². The van der Waals surface area contributed by atoms with Gasteiger partial charge in [0.1, 0.15) is 0 Å². The Hall–Kier alpha value is -2.33. The quantitative estimate of drug-likeness (QED) is 0.670. The Bertz CT molecular complexity index is 805. The summed E-state index contributed by atoms with van der Waals surface area (Å²) in [6.45, 7) is 0. The van der Waals surface area contributed by atoms with E-state index in [0.29, 0.717) is 34.1 Å². The first kappa shape index (κ1) is 15.6. The van der Waals surface area contributed by atoms with Gasteiger partial charge in [-0.2, -0.15) is 4.98 Å². The van der Waals surface area contributed by atoms with Crippen LogP contribution in [-0.2, 0) is 5.75 Å². The van der Waals surface area contributed by atoms with Crippen molar-refractivity contribution in [1.82, 2.24) is 20.3 Å². The van der Waals surface area contributed by atoms with Crippen LogP contribution in [0.1, 0.15) is 5.89 Å². The molecule has 120 valence electrons. The Morgan fingerprint density at radius 3 is 2.74 bits per heavy atom. The highest BCUT2D eigenvalue weighted by atomic mass is 32.2. The summed E-state index contributed by atoms with van der Waals surface area (Å²) in [5.74, 6) is 2.72. The van der Waals surface area contributed by atoms with E-state index in [2.05, 4.69) is 20.3 Å². The van der Waals surface area contributed by atoms with Gasteiger partial charge in [0.15, 0.2) is 15.8 Å². The summed E-state index contributed by atoms with van der Waals surface area (Å²) in [4.78, 5) is 4.36. The molecule has 0 saturated carbocycles. The molecule has 2 N–H and O–H groups in total. The average Bonchev–Trinajstić information content (AvgIpc) is 3.21. The molecule has 0 bridgehead atoms. The number of nitrogens with two attached hydrogens (primary N) is 1. The number of thioether (sulfide) groups is 1. The summed E-state index contributed by atoms with van der Waals surface area (Å²) in [6, 6.07) is 5.43. The number of nitrogen functional groups attached to an aromatic ring is 1. The number of benzene rings is 1. The van der Waals surface area contributed by atoms with E-state index in [1.54, 1.807) is 26.4 Å². The van der Waals surface area contributed by atoms with Crippen LogP contribution in [0, 0.1) is 0 Å². The zero-order valence-electron chi connectivity index (χ0n) is 12.3. The van der Waals surface area contributed by atoms with Crippen molar-refractivity contribution in [3.8, 4) is 22.9 Å². The number of hydrogen-bond donors (Lipinski definition) is 1. The summed E-state index contributed by atoms with van der Waals surface area (Å²) in [7, 11) is 3.16. The Morgan fingerprint density at radius 1 is 1.22 bits per heavy atom. The van der Waals surface area contributed by atoms with Crippen LogP contribution in [0.25, 0.3) is 11.4 Å². The molecule has 0 spiro atoms. The first-order valence-corrected chi connectivity index (χ1v) is 8.26. The first-order chi connectivity index (χ1) is 11.2. The fourth-order valence-electron chi connectivity index (χ4n) is 1.81. The number of hydrogen-bond acceptors (Lipinski definition) is 10. The van der Waals surface area contributed by atoms with Gasteiger partial charge in [-0.3, -0.25) is 0 Å². The van der Waals surface area contributed by atoms with Gasteiger partial charge in [-0.15, -0.1) is 10.2 Å². The zero-order chi connectivity index (χ0) is 16.2. The van der Waals surface area contributed by atoms with Crippen molar-refractivity contribution >= 4 is 28.2 Å². The first-order valence-electron chi connectivity index (χ1n) is 6.46. The molecule has 0 unspecified atom stereocenters. The summed E-state index contributed by atoms with van der Waals surface area (Å²) >= 11 is 2.76. The number of aromatic nitrogens is 4. The molecule has 1 aromatic carbocycles. The molecule has 0 saturated heterocycles. The topological polar surface area (TPSA) is 109 Å².